The van der Waals surface area contributed by atoms with Crippen molar-refractivity contribution in [3.05, 3.63) is 75.3 Å². The molecule has 2 aromatic rings. The smallest absolute Gasteiger partial charge is 0.311 e. The zero-order chi connectivity index (χ0) is 28.9. The lowest BCUT2D eigenvalue weighted by atomic mass is 9.19. The molecule has 16 heteroatoms. The highest BCUT2D eigenvalue weighted by molar-refractivity contribution is 6.69. The van der Waals surface area contributed by atoms with E-state index < -0.39 is 5.50 Å². The van der Waals surface area contributed by atoms with Gasteiger partial charge in [-0.1, -0.05) is 46.6 Å². The third-order valence-electron chi connectivity index (χ3n) is 8.79. The molecule has 0 radical (unpaired) electrons. The maximum absolute atomic E-state index is 12.2. The van der Waals surface area contributed by atoms with Crippen molar-refractivity contribution < 1.29 is 9.66 Å². The van der Waals surface area contributed by atoms with Gasteiger partial charge in [0.25, 0.3) is 0 Å². The van der Waals surface area contributed by atoms with Gasteiger partial charge in [0.05, 0.1) is 52.0 Å². The summed E-state index contributed by atoms with van der Waals surface area (Å²) in [6.45, 7) is 2.82. The van der Waals surface area contributed by atoms with Crippen LogP contribution in [0.15, 0.2) is 48.5 Å². The zero-order valence-electron chi connectivity index (χ0n) is 25.7. The molecule has 1 heterocycles. The van der Waals surface area contributed by atoms with Gasteiger partial charge in [-0.15, -0.1) is 0 Å². The molecule has 0 saturated heterocycles. The topological polar surface area (TPSA) is 55.6 Å². The molecule has 0 atom stereocenters. The molecule has 0 N–H and O–H groups in total. The highest BCUT2D eigenvalue weighted by Gasteiger charge is 2.48. The predicted molar refractivity (Wildman–Crippen MR) is 191 cm³/mol. The minimum atomic E-state index is -0.650. The van der Waals surface area contributed by atoms with Crippen LogP contribution in [-0.4, -0.2) is 112 Å². The lowest BCUT2D eigenvalue weighted by Crippen LogP contribution is -2.63. The Kier molecular flexibility index (Phi) is 8.23. The molecule has 0 bridgehead atoms. The predicted octanol–water partition coefficient (Wildman–Crippen LogP) is -6.31. The van der Waals surface area contributed by atoms with E-state index in [1.807, 2.05) is 13.0 Å². The van der Waals surface area contributed by atoms with Gasteiger partial charge in [0.2, 0.25) is 0 Å². The molecule has 186 valence electrons. The largest absolute Gasteiger partial charge is 0.493 e. The van der Waals surface area contributed by atoms with Crippen molar-refractivity contribution >= 4 is 97.6 Å². The van der Waals surface area contributed by atoms with E-state index in [4.69, 9.17) is 4.74 Å². The highest BCUT2D eigenvalue weighted by atomic mass is 16.6. The van der Waals surface area contributed by atoms with Gasteiger partial charge in [-0.05, 0) is 52.3 Å². The fourth-order valence-electron chi connectivity index (χ4n) is 6.15. The Morgan fingerprint density at radius 3 is 2.00 bits per heavy atom. The molecule has 2 aromatic carbocycles. The van der Waals surface area contributed by atoms with E-state index in [9.17, 15) is 10.1 Å². The summed E-state index contributed by atoms with van der Waals surface area (Å²) in [5.41, 5.74) is 3.78. The second-order valence-electron chi connectivity index (χ2n) is 14.4. The summed E-state index contributed by atoms with van der Waals surface area (Å²) in [6.07, 6.45) is 3.17. The van der Waals surface area contributed by atoms with Gasteiger partial charge in [0.1, 0.15) is 31.4 Å². The van der Waals surface area contributed by atoms with Crippen molar-refractivity contribution in [2.24, 2.45) is 0 Å². The standard InChI is InChI=1S/C22H37B11N2O3/c1-12-7-16(35(36)37)17(38-20(27,21(28,29)30)22(31,32)33)8-15(12)14-9-18(23,24)34(19(25,26)10-14)11-13-5-3-2-4-6-13/h2-9H,10-11,23-33H2,1H3. The van der Waals surface area contributed by atoms with Crippen LogP contribution in [0.25, 0.3) is 5.57 Å². The van der Waals surface area contributed by atoms with Crippen molar-refractivity contribution in [1.29, 1.82) is 0 Å². The Labute approximate surface area is 239 Å². The summed E-state index contributed by atoms with van der Waals surface area (Å²) < 4.78 is 6.73. The van der Waals surface area contributed by atoms with Crippen LogP contribution in [0.4, 0.5) is 5.69 Å². The Morgan fingerprint density at radius 1 is 0.974 bits per heavy atom. The van der Waals surface area contributed by atoms with E-state index in [-0.39, 0.29) is 31.5 Å². The molecule has 3 rings (SSSR count). The number of nitrogens with zero attached hydrogens (tertiary/aromatic N) is 2. The van der Waals surface area contributed by atoms with Gasteiger partial charge in [0.15, 0.2) is 13.6 Å². The normalized spacial score (nSPS) is 17.9. The Morgan fingerprint density at radius 2 is 1.53 bits per heavy atom. The zero-order valence-corrected chi connectivity index (χ0v) is 25.7. The molecule has 0 unspecified atom stereocenters. The van der Waals surface area contributed by atoms with Gasteiger partial charge >= 0.3 is 5.69 Å². The van der Waals surface area contributed by atoms with Crippen LogP contribution in [0.3, 0.4) is 0 Å². The van der Waals surface area contributed by atoms with Crippen molar-refractivity contribution in [1.82, 2.24) is 4.90 Å². The van der Waals surface area contributed by atoms with Gasteiger partial charge in [-0.2, -0.15) is 0 Å². The van der Waals surface area contributed by atoms with Crippen LogP contribution in [0, 0.1) is 17.0 Å². The van der Waals surface area contributed by atoms with E-state index in [0.717, 1.165) is 24.1 Å². The van der Waals surface area contributed by atoms with Crippen LogP contribution in [0.5, 0.6) is 5.75 Å². The number of rotatable bonds is 8. The molecular weight excluding hydrogens is 459 g/mol. The minimum Gasteiger partial charge on any atom is -0.493 e. The molecule has 0 amide bonds. The van der Waals surface area contributed by atoms with E-state index in [2.05, 4.69) is 128 Å². The van der Waals surface area contributed by atoms with Crippen LogP contribution < -0.4 is 4.74 Å². The molecule has 0 aliphatic carbocycles. The number of hydrogen-bond donors (Lipinski definition) is 0. The molecule has 1 aliphatic rings. The van der Waals surface area contributed by atoms with Gasteiger partial charge in [-0.3, -0.25) is 10.1 Å². The minimum absolute atomic E-state index is 0.0200. The molecule has 5 nitrogen and oxygen atoms in total. The van der Waals surface area contributed by atoms with Crippen LogP contribution >= 0.6 is 0 Å². The lowest BCUT2D eigenvalue weighted by Gasteiger charge is -2.53. The molecule has 0 fully saturated rings. The monoisotopic (exact) mass is 498 g/mol. The number of nitro benzene ring substituents is 1. The van der Waals surface area contributed by atoms with Crippen LogP contribution in [0.1, 0.15) is 23.1 Å². The fraction of sp³-hybridized carbons (Fsp3) is 0.364. The lowest BCUT2D eigenvalue weighted by molar-refractivity contribution is -0.386. The quantitative estimate of drug-likeness (QED) is 0.207. The Balaban J connectivity index is 2.14. The highest BCUT2D eigenvalue weighted by Crippen LogP contribution is 2.47. The molecule has 38 heavy (non-hydrogen) atoms. The first-order valence-electron chi connectivity index (χ1n) is 13.7. The van der Waals surface area contributed by atoms with E-state index in [1.165, 1.54) is 11.1 Å². The van der Waals surface area contributed by atoms with Crippen LogP contribution in [0.2, 0.25) is 10.2 Å². The summed E-state index contributed by atoms with van der Waals surface area (Å²) >= 11 is 0. The van der Waals surface area contributed by atoms with E-state index in [0.29, 0.717) is 5.75 Å². The van der Waals surface area contributed by atoms with Crippen molar-refractivity contribution in [3.63, 3.8) is 0 Å². The van der Waals surface area contributed by atoms with E-state index in [1.54, 1.807) is 6.07 Å². The second-order valence-corrected chi connectivity index (χ2v) is 14.4. The number of nitro groups is 1. The van der Waals surface area contributed by atoms with Crippen molar-refractivity contribution in [3.8, 4) is 5.75 Å². The average molecular weight is 496 g/mol. The Hall–Kier alpha value is -1.95. The maximum Gasteiger partial charge on any atom is 0.311 e. The molecular formula is C22H37B11N2O3. The van der Waals surface area contributed by atoms with E-state index >= 15 is 0 Å². The Bertz CT molecular complexity index is 1230. The number of ether oxygens (including phenoxy) is 1. The first-order valence-corrected chi connectivity index (χ1v) is 13.7. The first kappa shape index (κ1) is 30.6. The average Bonchev–Trinajstić information content (AvgIpc) is 2.75. The summed E-state index contributed by atoms with van der Waals surface area (Å²) in [7, 11) is 24.0. The van der Waals surface area contributed by atoms with Gasteiger partial charge < -0.3 is 9.64 Å². The summed E-state index contributed by atoms with van der Waals surface area (Å²) in [6, 6.07) is 14.2. The van der Waals surface area contributed by atoms with Crippen molar-refractivity contribution in [2.75, 3.05) is 0 Å². The fourth-order valence-corrected chi connectivity index (χ4v) is 6.15. The third kappa shape index (κ3) is 5.95. The first-order chi connectivity index (χ1) is 17.2. The molecule has 1 aliphatic heterocycles. The summed E-state index contributed by atoms with van der Waals surface area (Å²) in [5, 5.41) is 11.3. The maximum atomic E-state index is 12.2. The molecule has 0 saturated carbocycles. The number of hydrogen-bond acceptors (Lipinski definition) is 4. The van der Waals surface area contributed by atoms with Crippen LogP contribution in [-0.2, 0) is 6.54 Å². The molecule has 0 aromatic heterocycles. The molecule has 0 spiro atoms. The third-order valence-corrected chi connectivity index (χ3v) is 8.79. The number of aryl methyl sites for hydroxylation is 1. The van der Waals surface area contributed by atoms with Gasteiger partial charge in [0, 0.05) is 18.1 Å². The summed E-state index contributed by atoms with van der Waals surface area (Å²) in [4.78, 5) is 14.4. The van der Waals surface area contributed by atoms with Gasteiger partial charge in [-0.25, -0.2) is 0 Å². The van der Waals surface area contributed by atoms with Crippen molar-refractivity contribution in [2.45, 2.75) is 46.3 Å². The summed E-state index contributed by atoms with van der Waals surface area (Å²) in [5.74, 6) is 0.339. The SMILES string of the molecule is BC1(B)C=C(c2cc(OC(B)(C(B)(B)B)C(B)(B)B)c([N+](=O)[O-])cc2C)CC(B)(B)N1Cc1ccccc1. The second kappa shape index (κ2) is 10.2. The number of benzene rings is 2.